The third kappa shape index (κ3) is 5.70. The van der Waals surface area contributed by atoms with Gasteiger partial charge in [-0.3, -0.25) is 9.79 Å². The first-order valence-electron chi connectivity index (χ1n) is 8.05. The van der Waals surface area contributed by atoms with Crippen LogP contribution in [0.4, 0.5) is 0 Å². The molecule has 0 spiro atoms. The van der Waals surface area contributed by atoms with E-state index in [1.54, 1.807) is 6.21 Å². The number of amides is 1. The largest absolute Gasteiger partial charge is 0.507 e. The molecule has 0 aliphatic rings. The highest BCUT2D eigenvalue weighted by Gasteiger charge is 2.24. The van der Waals surface area contributed by atoms with E-state index in [0.717, 1.165) is 11.1 Å². The lowest BCUT2D eigenvalue weighted by Crippen LogP contribution is -2.22. The molecule has 4 heteroatoms. The normalized spacial score (nSPS) is 12.7. The molecular weight excluding hydrogens is 288 g/mol. The van der Waals surface area contributed by atoms with Gasteiger partial charge in [0.2, 0.25) is 5.91 Å². The second-order valence-corrected chi connectivity index (χ2v) is 7.98. The molecule has 0 radical (unpaired) electrons. The average Bonchev–Trinajstić information content (AvgIpc) is 2.36. The van der Waals surface area contributed by atoms with Crippen LogP contribution in [0.2, 0.25) is 0 Å². The fourth-order valence-corrected chi connectivity index (χ4v) is 2.22. The van der Waals surface area contributed by atoms with E-state index in [2.05, 4.69) is 57.9 Å². The minimum absolute atomic E-state index is 0.00746. The Balaban J connectivity index is 3.15. The minimum atomic E-state index is -0.149. The summed E-state index contributed by atoms with van der Waals surface area (Å²) in [5.41, 5.74) is 2.67. The number of hydrogen-bond donors (Lipinski definition) is 2. The lowest BCUT2D eigenvalue weighted by molar-refractivity contribution is -0.118. The van der Waals surface area contributed by atoms with Crippen LogP contribution in [0.15, 0.2) is 17.1 Å². The summed E-state index contributed by atoms with van der Waals surface area (Å²) in [6.45, 7) is 15.2. The van der Waals surface area contributed by atoms with E-state index in [-0.39, 0.29) is 22.5 Å². The van der Waals surface area contributed by atoms with Crippen LogP contribution in [-0.4, -0.2) is 30.3 Å². The maximum atomic E-state index is 10.8. The Morgan fingerprint density at radius 1 is 1.17 bits per heavy atom. The molecule has 1 aromatic carbocycles. The van der Waals surface area contributed by atoms with Crippen molar-refractivity contribution < 1.29 is 9.90 Å². The molecule has 0 fully saturated rings. The molecule has 0 aliphatic heterocycles. The number of benzene rings is 1. The third-order valence-corrected chi connectivity index (χ3v) is 3.66. The van der Waals surface area contributed by atoms with Crippen LogP contribution in [0.25, 0.3) is 0 Å². The molecule has 0 aliphatic carbocycles. The molecule has 0 aromatic heterocycles. The Morgan fingerprint density at radius 2 is 1.78 bits per heavy atom. The van der Waals surface area contributed by atoms with Crippen LogP contribution in [-0.2, 0) is 15.6 Å². The number of nitrogens with one attached hydrogen (secondary N) is 1. The Labute approximate surface area is 140 Å². The predicted molar refractivity (Wildman–Crippen MR) is 96.7 cm³/mol. The summed E-state index contributed by atoms with van der Waals surface area (Å²) in [4.78, 5) is 15.2. The highest BCUT2D eigenvalue weighted by Crippen LogP contribution is 2.36. The van der Waals surface area contributed by atoms with Crippen molar-refractivity contribution in [3.8, 4) is 5.75 Å². The summed E-state index contributed by atoms with van der Waals surface area (Å²) in [6.07, 6.45) is 1.70. The zero-order valence-corrected chi connectivity index (χ0v) is 15.4. The van der Waals surface area contributed by atoms with E-state index in [4.69, 9.17) is 0 Å². The van der Waals surface area contributed by atoms with Gasteiger partial charge in [-0.2, -0.15) is 0 Å². The van der Waals surface area contributed by atoms with Crippen LogP contribution < -0.4 is 5.32 Å². The predicted octanol–water partition coefficient (Wildman–Crippen LogP) is 3.54. The van der Waals surface area contributed by atoms with E-state index in [0.29, 0.717) is 13.1 Å². The molecule has 128 valence electrons. The molecule has 0 heterocycles. The van der Waals surface area contributed by atoms with Gasteiger partial charge in [-0.1, -0.05) is 47.6 Å². The van der Waals surface area contributed by atoms with Crippen LogP contribution in [0, 0.1) is 0 Å². The zero-order valence-electron chi connectivity index (χ0n) is 15.4. The fourth-order valence-electron chi connectivity index (χ4n) is 2.22. The molecule has 1 amide bonds. The standard InChI is InChI=1S/C19H30N2O2/c1-13(22)21-9-8-20-12-14-10-15(18(2,3)4)11-16(17(14)23)19(5,6)7/h10-12,23H,8-9H2,1-7H3,(H,21,22). The number of carbonyl (C=O) groups excluding carboxylic acids is 1. The fraction of sp³-hybridized carbons (Fsp3) is 0.579. The monoisotopic (exact) mass is 318 g/mol. The molecule has 0 unspecified atom stereocenters. The number of rotatable bonds is 4. The van der Waals surface area contributed by atoms with Gasteiger partial charge in [0.1, 0.15) is 5.75 Å². The average molecular weight is 318 g/mol. The van der Waals surface area contributed by atoms with Crippen LogP contribution >= 0.6 is 0 Å². The molecule has 0 saturated heterocycles. The van der Waals surface area contributed by atoms with Gasteiger partial charge in [-0.25, -0.2) is 0 Å². The smallest absolute Gasteiger partial charge is 0.216 e. The van der Waals surface area contributed by atoms with Gasteiger partial charge in [-0.15, -0.1) is 0 Å². The number of aliphatic imine (C=N–C) groups is 1. The first-order chi connectivity index (χ1) is 10.4. The highest BCUT2D eigenvalue weighted by molar-refractivity contribution is 5.85. The Kier molecular flexibility index (Phi) is 5.98. The van der Waals surface area contributed by atoms with E-state index in [1.165, 1.54) is 12.5 Å². The molecule has 23 heavy (non-hydrogen) atoms. The quantitative estimate of drug-likeness (QED) is 0.659. The molecule has 0 bridgehead atoms. The lowest BCUT2D eigenvalue weighted by Gasteiger charge is -2.27. The van der Waals surface area contributed by atoms with Crippen molar-refractivity contribution in [3.05, 3.63) is 28.8 Å². The Morgan fingerprint density at radius 3 is 2.26 bits per heavy atom. The van der Waals surface area contributed by atoms with E-state index in [9.17, 15) is 9.90 Å². The summed E-state index contributed by atoms with van der Waals surface area (Å²) < 4.78 is 0. The summed E-state index contributed by atoms with van der Waals surface area (Å²) in [7, 11) is 0. The van der Waals surface area contributed by atoms with Gasteiger partial charge in [0.25, 0.3) is 0 Å². The first kappa shape index (κ1) is 19.2. The van der Waals surface area contributed by atoms with Gasteiger partial charge in [0.15, 0.2) is 0 Å². The third-order valence-electron chi connectivity index (χ3n) is 3.66. The van der Waals surface area contributed by atoms with E-state index in [1.807, 2.05) is 6.07 Å². The first-order valence-corrected chi connectivity index (χ1v) is 8.05. The molecule has 0 atom stereocenters. The number of phenols is 1. The van der Waals surface area contributed by atoms with Gasteiger partial charge in [0.05, 0.1) is 6.54 Å². The summed E-state index contributed by atoms with van der Waals surface area (Å²) in [6, 6.07) is 4.08. The van der Waals surface area contributed by atoms with E-state index >= 15 is 0 Å². The van der Waals surface area contributed by atoms with Crippen LogP contribution in [0.1, 0.15) is 65.2 Å². The van der Waals surface area contributed by atoms with Gasteiger partial charge < -0.3 is 10.4 Å². The van der Waals surface area contributed by atoms with Crippen LogP contribution in [0.5, 0.6) is 5.75 Å². The lowest BCUT2D eigenvalue weighted by atomic mass is 9.79. The second kappa shape index (κ2) is 7.16. The summed E-state index contributed by atoms with van der Waals surface area (Å²) >= 11 is 0. The number of carbonyl (C=O) groups is 1. The molecule has 4 nitrogen and oxygen atoms in total. The zero-order chi connectivity index (χ0) is 17.8. The topological polar surface area (TPSA) is 61.7 Å². The highest BCUT2D eigenvalue weighted by atomic mass is 16.3. The van der Waals surface area contributed by atoms with Crippen LogP contribution in [0.3, 0.4) is 0 Å². The van der Waals surface area contributed by atoms with Crippen molar-refractivity contribution in [1.82, 2.24) is 5.32 Å². The molecule has 0 saturated carbocycles. The number of nitrogens with zero attached hydrogens (tertiary/aromatic N) is 1. The summed E-state index contributed by atoms with van der Waals surface area (Å²) in [5, 5.41) is 13.3. The van der Waals surface area contributed by atoms with Gasteiger partial charge in [-0.05, 0) is 22.5 Å². The van der Waals surface area contributed by atoms with Crippen molar-refractivity contribution in [1.29, 1.82) is 0 Å². The second-order valence-electron chi connectivity index (χ2n) is 7.98. The Bertz CT molecular complexity index is 591. The van der Waals surface area contributed by atoms with Crippen molar-refractivity contribution in [2.45, 2.75) is 59.3 Å². The molecule has 1 aromatic rings. The SMILES string of the molecule is CC(=O)NCCN=Cc1cc(C(C)(C)C)cc(C(C)(C)C)c1O. The Hall–Kier alpha value is -1.84. The van der Waals surface area contributed by atoms with Crippen molar-refractivity contribution >= 4 is 12.1 Å². The van der Waals surface area contributed by atoms with Gasteiger partial charge in [0, 0.05) is 30.8 Å². The molecule has 1 rings (SSSR count). The van der Waals surface area contributed by atoms with Crippen molar-refractivity contribution in [2.24, 2.45) is 4.99 Å². The van der Waals surface area contributed by atoms with Gasteiger partial charge >= 0.3 is 0 Å². The van der Waals surface area contributed by atoms with Crippen molar-refractivity contribution in [2.75, 3.05) is 13.1 Å². The minimum Gasteiger partial charge on any atom is -0.507 e. The number of hydrogen-bond acceptors (Lipinski definition) is 3. The van der Waals surface area contributed by atoms with E-state index < -0.39 is 0 Å². The maximum Gasteiger partial charge on any atom is 0.216 e. The maximum absolute atomic E-state index is 10.8. The number of phenolic OH excluding ortho intramolecular Hbond substituents is 1. The molecule has 2 N–H and O–H groups in total. The number of aromatic hydroxyl groups is 1. The molecular formula is C19H30N2O2. The summed E-state index contributed by atoms with van der Waals surface area (Å²) in [5.74, 6) is 0.224. The van der Waals surface area contributed by atoms with Crippen molar-refractivity contribution in [3.63, 3.8) is 0 Å².